The van der Waals surface area contributed by atoms with Crippen molar-refractivity contribution in [3.63, 3.8) is 0 Å². The Morgan fingerprint density at radius 3 is 2.80 bits per heavy atom. The van der Waals surface area contributed by atoms with E-state index in [0.717, 1.165) is 0 Å². The van der Waals surface area contributed by atoms with Crippen LogP contribution < -0.4 is 0 Å². The van der Waals surface area contributed by atoms with E-state index in [0.29, 0.717) is 10.0 Å². The van der Waals surface area contributed by atoms with Crippen molar-refractivity contribution in [1.29, 1.82) is 0 Å². The predicted octanol–water partition coefficient (Wildman–Crippen LogP) is 2.98. The summed E-state index contributed by atoms with van der Waals surface area (Å²) in [5, 5.41) is 3.12. The Morgan fingerprint density at radius 1 is 1.40 bits per heavy atom. The molecule has 0 aliphatic rings. The monoisotopic (exact) mass is 341 g/mol. The fourth-order valence-corrected chi connectivity index (χ4v) is 2.07. The average Bonchev–Trinajstić information content (AvgIpc) is 2.39. The summed E-state index contributed by atoms with van der Waals surface area (Å²) in [6.45, 7) is 1.56. The summed E-state index contributed by atoms with van der Waals surface area (Å²) in [7, 11) is 0. The van der Waals surface area contributed by atoms with Crippen molar-refractivity contribution in [3.8, 4) is 0 Å². The highest BCUT2D eigenvalue weighted by Crippen LogP contribution is 2.22. The lowest BCUT2D eigenvalue weighted by atomic mass is 10.0. The van der Waals surface area contributed by atoms with Gasteiger partial charge in [0.1, 0.15) is 0 Å². The standard InChI is InChI=1S/C12H12BrN3O4/c1-2-19-10(17)6-8-4-3-5-9(13)11(8)12(18)20-7-15-16-14/h3-5H,2,6-7H2,1H3. The van der Waals surface area contributed by atoms with Gasteiger partial charge in [0.25, 0.3) is 0 Å². The molecule has 0 saturated carbocycles. The molecule has 0 atom stereocenters. The number of rotatable bonds is 6. The van der Waals surface area contributed by atoms with E-state index in [4.69, 9.17) is 15.0 Å². The highest BCUT2D eigenvalue weighted by atomic mass is 79.9. The van der Waals surface area contributed by atoms with E-state index in [1.807, 2.05) is 0 Å². The van der Waals surface area contributed by atoms with Crippen LogP contribution in [-0.4, -0.2) is 25.3 Å². The predicted molar refractivity (Wildman–Crippen MR) is 73.9 cm³/mol. The smallest absolute Gasteiger partial charge is 0.339 e. The summed E-state index contributed by atoms with van der Waals surface area (Å²) in [4.78, 5) is 25.9. The number of benzene rings is 1. The second-order valence-electron chi connectivity index (χ2n) is 3.55. The largest absolute Gasteiger partial charge is 0.466 e. The maximum atomic E-state index is 11.9. The molecule has 106 valence electrons. The zero-order valence-electron chi connectivity index (χ0n) is 10.7. The number of carbonyl (C=O) groups excluding carboxylic acids is 2. The number of hydrogen-bond donors (Lipinski definition) is 0. The fraction of sp³-hybridized carbons (Fsp3) is 0.333. The van der Waals surface area contributed by atoms with Crippen molar-refractivity contribution in [3.05, 3.63) is 44.2 Å². The van der Waals surface area contributed by atoms with Crippen LogP contribution in [0.25, 0.3) is 10.4 Å². The van der Waals surface area contributed by atoms with Gasteiger partial charge in [0.15, 0.2) is 6.73 Å². The van der Waals surface area contributed by atoms with E-state index in [2.05, 4.69) is 26.0 Å². The Hall–Kier alpha value is -2.05. The van der Waals surface area contributed by atoms with Crippen LogP contribution in [-0.2, 0) is 20.7 Å². The van der Waals surface area contributed by atoms with Gasteiger partial charge in [-0.25, -0.2) is 4.79 Å². The molecule has 0 heterocycles. The number of hydrogen-bond acceptors (Lipinski definition) is 5. The zero-order chi connectivity index (χ0) is 15.0. The van der Waals surface area contributed by atoms with Gasteiger partial charge >= 0.3 is 11.9 Å². The summed E-state index contributed by atoms with van der Waals surface area (Å²) in [6, 6.07) is 4.98. The topological polar surface area (TPSA) is 101 Å². The van der Waals surface area contributed by atoms with Gasteiger partial charge in [-0.15, -0.1) is 0 Å². The molecule has 0 N–H and O–H groups in total. The Morgan fingerprint density at radius 2 is 2.15 bits per heavy atom. The molecule has 7 nitrogen and oxygen atoms in total. The summed E-state index contributed by atoms with van der Waals surface area (Å²) in [5.74, 6) is -1.11. The second kappa shape index (κ2) is 8.19. The SMILES string of the molecule is CCOC(=O)Cc1cccc(Br)c1C(=O)OCN=[N+]=[N-]. The van der Waals surface area contributed by atoms with Gasteiger partial charge in [-0.05, 0) is 40.0 Å². The zero-order valence-corrected chi connectivity index (χ0v) is 12.3. The number of nitrogens with zero attached hydrogens (tertiary/aromatic N) is 3. The summed E-state index contributed by atoms with van der Waals surface area (Å²) in [6.07, 6.45) is -0.0424. The van der Waals surface area contributed by atoms with E-state index in [9.17, 15) is 9.59 Å². The Balaban J connectivity index is 2.95. The molecule has 0 saturated heterocycles. The van der Waals surface area contributed by atoms with E-state index < -0.39 is 18.7 Å². The van der Waals surface area contributed by atoms with Crippen LogP contribution >= 0.6 is 15.9 Å². The fourth-order valence-electron chi connectivity index (χ4n) is 1.50. The normalized spacial score (nSPS) is 9.50. The Labute approximate surface area is 123 Å². The molecule has 0 fully saturated rings. The Bertz CT molecular complexity index is 556. The molecule has 0 bridgehead atoms. The summed E-state index contributed by atoms with van der Waals surface area (Å²) < 4.78 is 10.1. The summed E-state index contributed by atoms with van der Waals surface area (Å²) in [5.41, 5.74) is 8.83. The van der Waals surface area contributed by atoms with Crippen LogP contribution in [0.5, 0.6) is 0 Å². The first kappa shape index (κ1) is 16.0. The van der Waals surface area contributed by atoms with E-state index in [1.165, 1.54) is 0 Å². The molecule has 0 amide bonds. The van der Waals surface area contributed by atoms with Crippen LogP contribution in [0.3, 0.4) is 0 Å². The molecular weight excluding hydrogens is 330 g/mol. The van der Waals surface area contributed by atoms with Gasteiger partial charge in [0.2, 0.25) is 0 Å². The van der Waals surface area contributed by atoms with Gasteiger partial charge in [-0.3, -0.25) is 4.79 Å². The van der Waals surface area contributed by atoms with Crippen molar-refractivity contribution < 1.29 is 19.1 Å². The molecule has 1 rings (SSSR count). The van der Waals surface area contributed by atoms with Crippen LogP contribution in [0.1, 0.15) is 22.8 Å². The second-order valence-corrected chi connectivity index (χ2v) is 4.40. The van der Waals surface area contributed by atoms with E-state index >= 15 is 0 Å². The molecule has 1 aromatic carbocycles. The van der Waals surface area contributed by atoms with E-state index in [1.54, 1.807) is 25.1 Å². The minimum atomic E-state index is -0.677. The van der Waals surface area contributed by atoms with Crippen LogP contribution in [0, 0.1) is 0 Å². The van der Waals surface area contributed by atoms with Gasteiger partial charge in [-0.2, -0.15) is 0 Å². The molecular formula is C12H12BrN3O4. The van der Waals surface area contributed by atoms with Crippen molar-refractivity contribution in [1.82, 2.24) is 0 Å². The van der Waals surface area contributed by atoms with Crippen molar-refractivity contribution in [2.45, 2.75) is 13.3 Å². The van der Waals surface area contributed by atoms with Crippen molar-refractivity contribution in [2.24, 2.45) is 5.11 Å². The number of halogens is 1. The number of carbonyl (C=O) groups is 2. The first-order valence-corrected chi connectivity index (χ1v) is 6.50. The average molecular weight is 342 g/mol. The third kappa shape index (κ3) is 4.56. The summed E-state index contributed by atoms with van der Waals surface area (Å²) >= 11 is 3.23. The first-order valence-electron chi connectivity index (χ1n) is 5.71. The molecule has 0 aliphatic heterocycles. The van der Waals surface area contributed by atoms with Gasteiger partial charge < -0.3 is 9.47 Å². The molecule has 0 spiro atoms. The maximum absolute atomic E-state index is 11.9. The van der Waals surface area contributed by atoms with Crippen molar-refractivity contribution in [2.75, 3.05) is 13.3 Å². The molecule has 0 radical (unpaired) electrons. The Kier molecular flexibility index (Phi) is 6.55. The van der Waals surface area contributed by atoms with Crippen LogP contribution in [0.4, 0.5) is 0 Å². The highest BCUT2D eigenvalue weighted by molar-refractivity contribution is 9.10. The highest BCUT2D eigenvalue weighted by Gasteiger charge is 2.18. The maximum Gasteiger partial charge on any atom is 0.339 e. The number of azide groups is 1. The molecule has 20 heavy (non-hydrogen) atoms. The van der Waals surface area contributed by atoms with Gasteiger partial charge in [-0.1, -0.05) is 17.2 Å². The lowest BCUT2D eigenvalue weighted by Gasteiger charge is -2.10. The van der Waals surface area contributed by atoms with Gasteiger partial charge in [0.05, 0.1) is 18.6 Å². The molecule has 0 unspecified atom stereocenters. The third-order valence-corrected chi connectivity index (χ3v) is 2.92. The molecule has 0 aliphatic carbocycles. The quantitative estimate of drug-likeness (QED) is 0.343. The minimum absolute atomic E-state index is 0.0424. The molecule has 1 aromatic rings. The van der Waals surface area contributed by atoms with Gasteiger partial charge in [0, 0.05) is 9.38 Å². The minimum Gasteiger partial charge on any atom is -0.466 e. The van der Waals surface area contributed by atoms with Crippen LogP contribution in [0.2, 0.25) is 0 Å². The van der Waals surface area contributed by atoms with Crippen LogP contribution in [0.15, 0.2) is 27.8 Å². The number of ether oxygens (including phenoxy) is 2. The molecule has 0 aromatic heterocycles. The van der Waals surface area contributed by atoms with Crippen molar-refractivity contribution >= 4 is 27.9 Å². The first-order chi connectivity index (χ1) is 9.60. The number of esters is 2. The third-order valence-electron chi connectivity index (χ3n) is 2.26. The lowest BCUT2D eigenvalue weighted by Crippen LogP contribution is -2.14. The lowest BCUT2D eigenvalue weighted by molar-refractivity contribution is -0.142. The molecule has 8 heteroatoms. The van der Waals surface area contributed by atoms with E-state index in [-0.39, 0.29) is 18.6 Å².